The molecule has 4 N–H and O–H groups in total. The number of hydrogen-bond donors (Lipinski definition) is 4. The third-order valence-electron chi connectivity index (χ3n) is 16.3. The number of ether oxygens (including phenoxy) is 5. The zero-order valence-corrected chi connectivity index (χ0v) is 62.1. The van der Waals surface area contributed by atoms with Crippen LogP contribution in [0.1, 0.15) is 118 Å². The predicted molar refractivity (Wildman–Crippen MR) is 377 cm³/mol. The predicted octanol–water partition coefficient (Wildman–Crippen LogP) is 6.65. The number of para-hydroxylation sites is 2. The second kappa shape index (κ2) is 33.0. The summed E-state index contributed by atoms with van der Waals surface area (Å²) in [6, 6.07) is 21.0. The van der Waals surface area contributed by atoms with Crippen molar-refractivity contribution >= 4 is 65.2 Å². The number of methoxy groups -OCH3 is 2. The molecule has 1 fully saturated rings. The van der Waals surface area contributed by atoms with Crippen LogP contribution in [0.25, 0.3) is 11.1 Å². The van der Waals surface area contributed by atoms with Crippen LogP contribution in [-0.4, -0.2) is 147 Å². The van der Waals surface area contributed by atoms with E-state index < -0.39 is 81.3 Å². The molecule has 5 heterocycles. The zero-order chi connectivity index (χ0) is 78.1. The minimum atomic E-state index is -5.15. The summed E-state index contributed by atoms with van der Waals surface area (Å²) < 4.78 is 145. The Kier molecular flexibility index (Phi) is 25.2. The lowest BCUT2D eigenvalue weighted by Crippen LogP contribution is -2.40. The van der Waals surface area contributed by atoms with Crippen molar-refractivity contribution in [3.8, 4) is 34.5 Å². The molecule has 0 atom stereocenters. The van der Waals surface area contributed by atoms with Crippen LogP contribution in [0.4, 0.5) is 18.0 Å². The maximum atomic E-state index is 13.5. The van der Waals surface area contributed by atoms with Crippen LogP contribution < -0.4 is 50.5 Å². The van der Waals surface area contributed by atoms with E-state index in [-0.39, 0.29) is 66.4 Å². The third-order valence-corrected chi connectivity index (χ3v) is 20.2. The Morgan fingerprint density at radius 2 is 1.30 bits per heavy atom. The third kappa shape index (κ3) is 18.9. The summed E-state index contributed by atoms with van der Waals surface area (Å²) in [4.78, 5) is 103. The van der Waals surface area contributed by atoms with Crippen LogP contribution in [-0.2, 0) is 84.3 Å². The number of carbonyl (C=O) groups is 5. The van der Waals surface area contributed by atoms with Crippen molar-refractivity contribution in [2.24, 2.45) is 24.7 Å². The minimum Gasteiger partial charge on any atom is -0.496 e. The van der Waals surface area contributed by atoms with Crippen LogP contribution in [0, 0.1) is 19.3 Å². The van der Waals surface area contributed by atoms with Gasteiger partial charge in [-0.25, -0.2) is 58.2 Å². The number of fused-ring (bicyclic) bond motifs is 1. The summed E-state index contributed by atoms with van der Waals surface area (Å²) in [6.07, 6.45) is 1.26. The molecule has 568 valence electrons. The average Bonchev–Trinajstić information content (AvgIpc) is 1.57. The number of amides is 3. The van der Waals surface area contributed by atoms with Gasteiger partial charge in [-0.15, -0.1) is 23.0 Å². The standard InChI is InChI=1S/C23H32N2O4.C18H18N2O5S.C16H17N3O5S.C12H11F3N4O6S/c1-7-16-13-15(3)14-17(8-2)18(16)19-20(26)24-9-11-28-12-10-25(24)21(19)29-22(27)23(4,5)6;1-25-16-5-3-2-4-15(16)18(22)20-26(23,24)14-10-6-12(7-11-14)17(21)19-13-8-9-13;1-9-10(15(20)11-8-17-19(2)16(11)21)4-5-13(25(3,22)23)14(9)12-6-7-24-18-12;1-18-10(24-2)16-19(11(18)21)9(20)17-26(22,23)8-6-4-3-5-7(8)25-12(13,14)15/h13-14H,7-12H2,1-6H3;2-7,10-11,13H,8-9H2,1H3,(H,19,21)(H,20,22);4-5,8,17H,6-7H2,1-3H3;3-6H,1-2H3,(H,17,20). The average molecular weight is 1530 g/mol. The molecule has 0 radical (unpaired) electrons. The van der Waals surface area contributed by atoms with E-state index in [1.165, 1.54) is 84.8 Å². The number of hydrogen-bond acceptors (Lipinski definition) is 22. The molecular weight excluding hydrogens is 1460 g/mol. The van der Waals surface area contributed by atoms with Gasteiger partial charge in [-0.05, 0) is 143 Å². The number of alkyl halides is 3. The lowest BCUT2D eigenvalue weighted by atomic mass is 9.91. The molecule has 2 aliphatic heterocycles. The smallest absolute Gasteiger partial charge is 0.496 e. The number of aromatic nitrogens is 7. The van der Waals surface area contributed by atoms with Gasteiger partial charge in [-0.1, -0.05) is 61.0 Å². The number of aromatic amines is 1. The molecule has 3 aromatic heterocycles. The van der Waals surface area contributed by atoms with Gasteiger partial charge in [0, 0.05) is 55.7 Å². The van der Waals surface area contributed by atoms with Crippen molar-refractivity contribution in [1.29, 1.82) is 0 Å². The molecule has 3 aliphatic rings. The molecular formula is C69H78F3N11O20S3. The fraction of sp³-hybridized carbons (Fsp3) is 0.362. The highest BCUT2D eigenvalue weighted by atomic mass is 32.2. The first-order valence-corrected chi connectivity index (χ1v) is 37.4. The largest absolute Gasteiger partial charge is 0.573 e. The number of ketones is 1. The Bertz CT molecular complexity index is 5250. The number of benzene rings is 5. The number of nitrogens with zero attached hydrogens (tertiary/aromatic N) is 7. The Hall–Kier alpha value is -10.9. The van der Waals surface area contributed by atoms with E-state index in [0.29, 0.717) is 73.2 Å². The molecule has 11 rings (SSSR count). The van der Waals surface area contributed by atoms with E-state index >= 15 is 0 Å². The number of sulfone groups is 1. The molecule has 8 aromatic rings. The fourth-order valence-electron chi connectivity index (χ4n) is 10.8. The Morgan fingerprint density at radius 3 is 1.84 bits per heavy atom. The summed E-state index contributed by atoms with van der Waals surface area (Å²) in [5.74, 6) is -2.30. The molecule has 37 heteroatoms. The van der Waals surface area contributed by atoms with Gasteiger partial charge in [0.15, 0.2) is 15.6 Å². The molecule has 0 spiro atoms. The van der Waals surface area contributed by atoms with Crippen molar-refractivity contribution in [3.05, 3.63) is 185 Å². The summed E-state index contributed by atoms with van der Waals surface area (Å²) in [7, 11) is -7.14. The van der Waals surface area contributed by atoms with Crippen LogP contribution in [0.15, 0.2) is 137 Å². The van der Waals surface area contributed by atoms with Gasteiger partial charge in [-0.3, -0.25) is 33.4 Å². The number of oxime groups is 1. The number of H-pyrrole nitrogens is 1. The number of aryl methyl sites for hydroxylation is 4. The van der Waals surface area contributed by atoms with Crippen molar-refractivity contribution in [1.82, 2.24) is 48.3 Å². The number of carbonyl (C=O) groups excluding carboxylic acids is 5. The molecule has 5 aromatic carbocycles. The first-order valence-electron chi connectivity index (χ1n) is 32.6. The van der Waals surface area contributed by atoms with Gasteiger partial charge >= 0.3 is 30.1 Å². The summed E-state index contributed by atoms with van der Waals surface area (Å²) in [6.45, 7) is 15.5. The van der Waals surface area contributed by atoms with Crippen molar-refractivity contribution in [3.63, 3.8) is 0 Å². The molecule has 1 saturated carbocycles. The van der Waals surface area contributed by atoms with E-state index in [0.717, 1.165) is 84.6 Å². The van der Waals surface area contributed by atoms with Crippen LogP contribution in [0.5, 0.6) is 23.4 Å². The van der Waals surface area contributed by atoms with Crippen LogP contribution >= 0.6 is 0 Å². The highest BCUT2D eigenvalue weighted by molar-refractivity contribution is 7.91. The first kappa shape index (κ1) is 80.8. The number of esters is 1. The fourth-order valence-corrected chi connectivity index (χ4v) is 13.8. The molecule has 0 bridgehead atoms. The number of sulfonamides is 2. The van der Waals surface area contributed by atoms with E-state index in [9.17, 15) is 76.8 Å². The summed E-state index contributed by atoms with van der Waals surface area (Å²) in [5, 5.41) is 12.8. The van der Waals surface area contributed by atoms with Gasteiger partial charge in [0.05, 0.1) is 67.0 Å². The highest BCUT2D eigenvalue weighted by Gasteiger charge is 2.37. The van der Waals surface area contributed by atoms with Gasteiger partial charge in [0.1, 0.15) is 34.1 Å². The van der Waals surface area contributed by atoms with E-state index in [2.05, 4.69) is 58.3 Å². The molecule has 31 nitrogen and oxygen atoms in total. The van der Waals surface area contributed by atoms with Gasteiger partial charge in [-0.2, -0.15) is 0 Å². The molecule has 3 amide bonds. The lowest BCUT2D eigenvalue weighted by Gasteiger charge is -2.19. The molecule has 106 heavy (non-hydrogen) atoms. The zero-order valence-electron chi connectivity index (χ0n) is 59.6. The molecule has 1 aliphatic carbocycles. The Morgan fingerprint density at radius 1 is 0.689 bits per heavy atom. The second-order valence-electron chi connectivity index (χ2n) is 25.1. The van der Waals surface area contributed by atoms with Gasteiger partial charge in [0.25, 0.3) is 43.0 Å². The maximum absolute atomic E-state index is 13.5. The normalized spacial score (nSPS) is 13.6. The topological polar surface area (TPSA) is 396 Å². The maximum Gasteiger partial charge on any atom is 0.573 e. The van der Waals surface area contributed by atoms with Crippen LogP contribution in [0.3, 0.4) is 0 Å². The van der Waals surface area contributed by atoms with Gasteiger partial charge in [0.2, 0.25) is 5.88 Å². The number of halogens is 3. The second-order valence-corrected chi connectivity index (χ2v) is 30.4. The van der Waals surface area contributed by atoms with E-state index in [1.807, 2.05) is 25.5 Å². The Balaban J connectivity index is 0.000000179. The molecule has 0 saturated heterocycles. The number of rotatable bonds is 18. The minimum absolute atomic E-state index is 0.00623. The van der Waals surface area contributed by atoms with Crippen LogP contribution in [0.2, 0.25) is 0 Å². The first-order chi connectivity index (χ1) is 49.8. The molecule has 0 unspecified atom stereocenters. The quantitative estimate of drug-likeness (QED) is 0.0515. The monoisotopic (exact) mass is 1530 g/mol. The van der Waals surface area contributed by atoms with E-state index in [1.54, 1.807) is 34.5 Å². The SMILES string of the molecule is CCc1cc(C)cc(CC)c1-c1c(OC(=O)C(C)(C)C)n2n(c1=O)CCOCC2.COc1ccccc1C(=O)NS(=O)(=O)c1ccc(C(=O)NC2CC2)cc1.COc1nn(C(=O)NS(=O)(=O)c2ccccc2OC(F)(F)F)c(=O)n1C.Cc1c(C(=O)c2c[nH]n(C)c2=O)ccc(S(C)(=O)=O)c1C1=NOCC1. The van der Waals surface area contributed by atoms with Crippen molar-refractivity contribution < 1.29 is 90.9 Å². The number of nitrogens with one attached hydrogen (secondary N) is 4. The highest BCUT2D eigenvalue weighted by Crippen LogP contribution is 2.37. The lowest BCUT2D eigenvalue weighted by molar-refractivity contribution is -0.275. The van der Waals surface area contributed by atoms with Crippen molar-refractivity contribution in [2.75, 3.05) is 40.3 Å². The summed E-state index contributed by atoms with van der Waals surface area (Å²) >= 11 is 0. The summed E-state index contributed by atoms with van der Waals surface area (Å²) in [5.41, 5.74) is 4.55. The Labute approximate surface area is 606 Å². The van der Waals surface area contributed by atoms with Crippen molar-refractivity contribution in [2.45, 2.75) is 121 Å². The van der Waals surface area contributed by atoms with E-state index in [4.69, 9.17) is 23.8 Å². The van der Waals surface area contributed by atoms with Gasteiger partial charge < -0.3 is 38.9 Å².